The molecule has 0 bridgehead atoms. The van der Waals surface area contributed by atoms with E-state index >= 15 is 0 Å². The van der Waals surface area contributed by atoms with E-state index in [-0.39, 0.29) is 5.41 Å². The third-order valence-corrected chi connectivity index (χ3v) is 4.01. The predicted molar refractivity (Wildman–Crippen MR) is 58.1 cm³/mol. The van der Waals surface area contributed by atoms with Crippen LogP contribution >= 0.6 is 11.3 Å². The van der Waals surface area contributed by atoms with Gasteiger partial charge in [0.15, 0.2) is 0 Å². The molecule has 1 N–H and O–H groups in total. The molecule has 1 aliphatic rings. The summed E-state index contributed by atoms with van der Waals surface area (Å²) in [6.45, 7) is 0.544. The number of hydrogen-bond donors (Lipinski definition) is 1. The second kappa shape index (κ2) is 3.32. The van der Waals surface area contributed by atoms with E-state index in [1.54, 1.807) is 11.3 Å². The van der Waals surface area contributed by atoms with Gasteiger partial charge in [0.25, 0.3) is 0 Å². The Bertz CT molecular complexity index is 404. The SMILES string of the molecule is CS(=O)(=O)NCC1(c2ccsc2)CC1. The van der Waals surface area contributed by atoms with Gasteiger partial charge in [-0.25, -0.2) is 13.1 Å². The van der Waals surface area contributed by atoms with Crippen molar-refractivity contribution in [1.82, 2.24) is 4.72 Å². The fourth-order valence-electron chi connectivity index (χ4n) is 1.55. The first-order valence-corrected chi connectivity index (χ1v) is 7.33. The van der Waals surface area contributed by atoms with E-state index in [0.29, 0.717) is 6.54 Å². The second-order valence-corrected chi connectivity index (χ2v) is 6.50. The molecule has 0 atom stereocenters. The normalized spacial score (nSPS) is 19.5. The van der Waals surface area contributed by atoms with Crippen molar-refractivity contribution in [3.8, 4) is 0 Å². The topological polar surface area (TPSA) is 46.2 Å². The highest BCUT2D eigenvalue weighted by Gasteiger charge is 2.44. The number of nitrogens with one attached hydrogen (secondary N) is 1. The highest BCUT2D eigenvalue weighted by atomic mass is 32.2. The molecule has 0 amide bonds. The molecule has 0 radical (unpaired) electrons. The van der Waals surface area contributed by atoms with Crippen molar-refractivity contribution in [1.29, 1.82) is 0 Å². The van der Waals surface area contributed by atoms with Crippen molar-refractivity contribution in [2.75, 3.05) is 12.8 Å². The molecule has 0 aliphatic heterocycles. The van der Waals surface area contributed by atoms with Gasteiger partial charge in [-0.2, -0.15) is 11.3 Å². The molecule has 1 fully saturated rings. The van der Waals surface area contributed by atoms with Crippen LogP contribution < -0.4 is 4.72 Å². The van der Waals surface area contributed by atoms with Gasteiger partial charge in [0.05, 0.1) is 6.26 Å². The Balaban J connectivity index is 2.05. The van der Waals surface area contributed by atoms with Gasteiger partial charge in [0.1, 0.15) is 0 Å². The second-order valence-electron chi connectivity index (χ2n) is 3.89. The smallest absolute Gasteiger partial charge is 0.208 e. The number of hydrogen-bond acceptors (Lipinski definition) is 3. The fraction of sp³-hybridized carbons (Fsp3) is 0.556. The van der Waals surface area contributed by atoms with Crippen LogP contribution in [0, 0.1) is 0 Å². The minimum atomic E-state index is -3.05. The highest BCUT2D eigenvalue weighted by molar-refractivity contribution is 7.88. The van der Waals surface area contributed by atoms with Gasteiger partial charge in [-0.1, -0.05) is 0 Å². The van der Waals surface area contributed by atoms with E-state index in [1.807, 2.05) is 5.38 Å². The zero-order valence-electron chi connectivity index (χ0n) is 7.99. The first kappa shape index (κ1) is 10.1. The summed E-state index contributed by atoms with van der Waals surface area (Å²) in [5, 5.41) is 4.15. The van der Waals surface area contributed by atoms with E-state index in [2.05, 4.69) is 16.2 Å². The van der Waals surface area contributed by atoms with Gasteiger partial charge < -0.3 is 0 Å². The third-order valence-electron chi connectivity index (χ3n) is 2.66. The Hall–Kier alpha value is -0.390. The Kier molecular flexibility index (Phi) is 2.41. The van der Waals surface area contributed by atoms with Crippen LogP contribution in [0.3, 0.4) is 0 Å². The van der Waals surface area contributed by atoms with Crippen LogP contribution in [0.2, 0.25) is 0 Å². The maximum absolute atomic E-state index is 11.0. The molecular weight excluding hydrogens is 218 g/mol. The molecule has 2 rings (SSSR count). The van der Waals surface area contributed by atoms with Crippen molar-refractivity contribution in [2.24, 2.45) is 0 Å². The minimum absolute atomic E-state index is 0.100. The molecular formula is C9H13NO2S2. The van der Waals surface area contributed by atoms with Crippen molar-refractivity contribution >= 4 is 21.4 Å². The molecule has 1 saturated carbocycles. The fourth-order valence-corrected chi connectivity index (χ4v) is 2.87. The van der Waals surface area contributed by atoms with Gasteiger partial charge in [-0.05, 0) is 35.2 Å². The standard InChI is InChI=1S/C9H13NO2S2/c1-14(11,12)10-7-9(3-4-9)8-2-5-13-6-8/h2,5-6,10H,3-4,7H2,1H3. The van der Waals surface area contributed by atoms with Crippen LogP contribution in [0.4, 0.5) is 0 Å². The molecule has 78 valence electrons. The first-order valence-electron chi connectivity index (χ1n) is 4.49. The Morgan fingerprint density at radius 2 is 2.29 bits per heavy atom. The zero-order valence-corrected chi connectivity index (χ0v) is 9.62. The average molecular weight is 231 g/mol. The van der Waals surface area contributed by atoms with Crippen molar-refractivity contribution in [3.05, 3.63) is 22.4 Å². The molecule has 0 spiro atoms. The maximum Gasteiger partial charge on any atom is 0.208 e. The molecule has 0 saturated heterocycles. The largest absolute Gasteiger partial charge is 0.215 e. The molecule has 14 heavy (non-hydrogen) atoms. The van der Waals surface area contributed by atoms with Gasteiger partial charge in [0, 0.05) is 12.0 Å². The van der Waals surface area contributed by atoms with Gasteiger partial charge >= 0.3 is 0 Å². The average Bonchev–Trinajstić information content (AvgIpc) is 2.67. The Morgan fingerprint density at radius 3 is 2.71 bits per heavy atom. The van der Waals surface area contributed by atoms with E-state index in [1.165, 1.54) is 11.8 Å². The molecule has 0 unspecified atom stereocenters. The lowest BCUT2D eigenvalue weighted by Gasteiger charge is -2.13. The van der Waals surface area contributed by atoms with Gasteiger partial charge in [-0.3, -0.25) is 0 Å². The minimum Gasteiger partial charge on any atom is -0.215 e. The highest BCUT2D eigenvalue weighted by Crippen LogP contribution is 2.48. The summed E-state index contributed by atoms with van der Waals surface area (Å²) in [6, 6.07) is 2.08. The van der Waals surface area contributed by atoms with Crippen LogP contribution in [0.1, 0.15) is 18.4 Å². The van der Waals surface area contributed by atoms with Crippen LogP contribution in [-0.4, -0.2) is 21.2 Å². The molecule has 1 aromatic rings. The van der Waals surface area contributed by atoms with Gasteiger partial charge in [-0.15, -0.1) is 0 Å². The first-order chi connectivity index (χ1) is 6.52. The summed E-state index contributed by atoms with van der Waals surface area (Å²) < 4.78 is 24.5. The van der Waals surface area contributed by atoms with E-state index < -0.39 is 10.0 Å². The van der Waals surface area contributed by atoms with Crippen LogP contribution in [0.5, 0.6) is 0 Å². The molecule has 1 heterocycles. The van der Waals surface area contributed by atoms with E-state index in [9.17, 15) is 8.42 Å². The predicted octanol–water partition coefficient (Wildman–Crippen LogP) is 1.33. The van der Waals surface area contributed by atoms with Crippen LogP contribution in [0.25, 0.3) is 0 Å². The van der Waals surface area contributed by atoms with Crippen LogP contribution in [0.15, 0.2) is 16.8 Å². The summed E-state index contributed by atoms with van der Waals surface area (Å²) in [7, 11) is -3.05. The molecule has 0 aromatic carbocycles. The lowest BCUT2D eigenvalue weighted by molar-refractivity contribution is 0.573. The zero-order chi connectivity index (χ0) is 10.2. The lowest BCUT2D eigenvalue weighted by atomic mass is 10.0. The third kappa shape index (κ3) is 2.16. The monoisotopic (exact) mass is 231 g/mol. The quantitative estimate of drug-likeness (QED) is 0.849. The van der Waals surface area contributed by atoms with Crippen molar-refractivity contribution < 1.29 is 8.42 Å². The summed E-state index contributed by atoms with van der Waals surface area (Å²) in [5.41, 5.74) is 1.38. The Morgan fingerprint density at radius 1 is 1.57 bits per heavy atom. The maximum atomic E-state index is 11.0. The van der Waals surface area contributed by atoms with E-state index in [4.69, 9.17) is 0 Å². The number of rotatable bonds is 4. The summed E-state index contributed by atoms with van der Waals surface area (Å²) in [4.78, 5) is 0. The van der Waals surface area contributed by atoms with Crippen molar-refractivity contribution in [3.63, 3.8) is 0 Å². The summed E-state index contributed by atoms with van der Waals surface area (Å²) in [6.07, 6.45) is 3.38. The number of sulfonamides is 1. The molecule has 3 nitrogen and oxygen atoms in total. The Labute approximate surface area is 88.2 Å². The molecule has 1 aromatic heterocycles. The molecule has 1 aliphatic carbocycles. The van der Waals surface area contributed by atoms with Gasteiger partial charge in [0.2, 0.25) is 10.0 Å². The number of thiophene rings is 1. The molecule has 5 heteroatoms. The summed E-state index contributed by atoms with van der Waals surface area (Å²) in [5.74, 6) is 0. The lowest BCUT2D eigenvalue weighted by Crippen LogP contribution is -2.31. The van der Waals surface area contributed by atoms with E-state index in [0.717, 1.165) is 12.8 Å². The van der Waals surface area contributed by atoms with Crippen molar-refractivity contribution in [2.45, 2.75) is 18.3 Å². The van der Waals surface area contributed by atoms with Crippen LogP contribution in [-0.2, 0) is 15.4 Å². The summed E-state index contributed by atoms with van der Waals surface area (Å²) >= 11 is 1.66.